The number of ether oxygens (including phenoxy) is 1. The Bertz CT molecular complexity index is 612. The predicted octanol–water partition coefficient (Wildman–Crippen LogP) is 0.0216. The molecule has 2 aromatic heterocycles. The highest BCUT2D eigenvalue weighted by Gasteiger charge is 2.12. The average molecular weight is 292 g/mol. The molecule has 2 heterocycles. The van der Waals surface area contributed by atoms with Crippen LogP contribution in [-0.2, 0) is 9.53 Å². The van der Waals surface area contributed by atoms with Gasteiger partial charge in [0, 0.05) is 39.1 Å². The number of methoxy groups -OCH3 is 1. The first-order valence-corrected chi connectivity index (χ1v) is 6.76. The van der Waals surface area contributed by atoms with Crippen molar-refractivity contribution >= 4 is 17.5 Å². The van der Waals surface area contributed by atoms with Crippen LogP contribution in [0.3, 0.4) is 0 Å². The molecule has 0 saturated heterocycles. The van der Waals surface area contributed by atoms with Crippen LogP contribution in [0.25, 0.3) is 5.78 Å². The molecule has 0 aliphatic carbocycles. The molecule has 0 aliphatic heterocycles. The molecule has 0 spiro atoms. The van der Waals surface area contributed by atoms with Gasteiger partial charge >= 0.3 is 0 Å². The Morgan fingerprint density at radius 1 is 1.52 bits per heavy atom. The highest BCUT2D eigenvalue weighted by molar-refractivity contribution is 5.80. The summed E-state index contributed by atoms with van der Waals surface area (Å²) in [5, 5.41) is 6.98. The van der Waals surface area contributed by atoms with E-state index in [0.29, 0.717) is 18.9 Å². The number of nitrogens with one attached hydrogen (secondary N) is 1. The van der Waals surface area contributed by atoms with E-state index in [2.05, 4.69) is 20.4 Å². The first-order valence-electron chi connectivity index (χ1n) is 6.76. The topological polar surface area (TPSA) is 84.6 Å². The molecule has 0 radical (unpaired) electrons. The van der Waals surface area contributed by atoms with E-state index in [1.165, 1.54) is 6.33 Å². The number of aryl methyl sites for hydroxylation is 1. The van der Waals surface area contributed by atoms with Crippen molar-refractivity contribution in [2.75, 3.05) is 38.8 Å². The number of amides is 1. The predicted molar refractivity (Wildman–Crippen MR) is 78.3 cm³/mol. The molecule has 2 rings (SSSR count). The number of fused-ring (bicyclic) bond motifs is 1. The lowest BCUT2D eigenvalue weighted by molar-refractivity contribution is -0.119. The van der Waals surface area contributed by atoms with Gasteiger partial charge in [0.05, 0.1) is 6.54 Å². The lowest BCUT2D eigenvalue weighted by atomic mass is 10.4. The van der Waals surface area contributed by atoms with E-state index in [9.17, 15) is 4.79 Å². The molecule has 2 aromatic rings. The highest BCUT2D eigenvalue weighted by atomic mass is 16.5. The minimum absolute atomic E-state index is 0.0451. The second-order valence-electron chi connectivity index (χ2n) is 4.78. The van der Waals surface area contributed by atoms with E-state index in [0.717, 1.165) is 17.9 Å². The van der Waals surface area contributed by atoms with Gasteiger partial charge in [-0.05, 0) is 13.3 Å². The van der Waals surface area contributed by atoms with Crippen LogP contribution in [0.1, 0.15) is 12.1 Å². The van der Waals surface area contributed by atoms with E-state index in [1.54, 1.807) is 11.6 Å². The summed E-state index contributed by atoms with van der Waals surface area (Å²) in [7, 11) is 3.48. The summed E-state index contributed by atoms with van der Waals surface area (Å²) in [6.45, 7) is 3.37. The van der Waals surface area contributed by atoms with Gasteiger partial charge in [0.2, 0.25) is 5.91 Å². The van der Waals surface area contributed by atoms with Crippen LogP contribution in [-0.4, -0.2) is 59.3 Å². The summed E-state index contributed by atoms with van der Waals surface area (Å²) in [6.07, 6.45) is 2.25. The Morgan fingerprint density at radius 3 is 3.10 bits per heavy atom. The Balaban J connectivity index is 2.00. The van der Waals surface area contributed by atoms with Crippen LogP contribution in [0, 0.1) is 6.92 Å². The number of likely N-dealkylation sites (N-methyl/N-ethyl adjacent to an activating group) is 1. The third-order valence-electron chi connectivity index (χ3n) is 2.98. The number of carbonyl (C=O) groups excluding carboxylic acids is 1. The van der Waals surface area contributed by atoms with Crippen molar-refractivity contribution in [1.82, 2.24) is 24.9 Å². The molecule has 8 nitrogen and oxygen atoms in total. The summed E-state index contributed by atoms with van der Waals surface area (Å²) in [6, 6.07) is 1.87. The first-order chi connectivity index (χ1) is 10.1. The van der Waals surface area contributed by atoms with Gasteiger partial charge in [-0.15, -0.1) is 0 Å². The minimum Gasteiger partial charge on any atom is -0.385 e. The number of anilines is 1. The zero-order valence-electron chi connectivity index (χ0n) is 12.5. The van der Waals surface area contributed by atoms with Gasteiger partial charge in [-0.25, -0.2) is 4.98 Å². The van der Waals surface area contributed by atoms with Gasteiger partial charge in [-0.3, -0.25) is 4.79 Å². The third kappa shape index (κ3) is 3.88. The van der Waals surface area contributed by atoms with Crippen LogP contribution in [0.5, 0.6) is 0 Å². The number of nitrogens with zero attached hydrogens (tertiary/aromatic N) is 5. The molecule has 0 aromatic carbocycles. The van der Waals surface area contributed by atoms with E-state index in [1.807, 2.05) is 24.9 Å². The molecule has 0 atom stereocenters. The van der Waals surface area contributed by atoms with Crippen molar-refractivity contribution in [3.63, 3.8) is 0 Å². The maximum atomic E-state index is 11.9. The monoisotopic (exact) mass is 292 g/mol. The van der Waals surface area contributed by atoms with Gasteiger partial charge in [0.1, 0.15) is 12.1 Å². The molecule has 0 bridgehead atoms. The van der Waals surface area contributed by atoms with Crippen molar-refractivity contribution < 1.29 is 9.53 Å². The number of hydrogen-bond acceptors (Lipinski definition) is 6. The van der Waals surface area contributed by atoms with Crippen LogP contribution in [0.4, 0.5) is 5.82 Å². The SMILES string of the molecule is COCCCNC(=O)CN(C)c1cc(C)nc2ncnn12. The van der Waals surface area contributed by atoms with E-state index in [4.69, 9.17) is 4.74 Å². The quantitative estimate of drug-likeness (QED) is 0.724. The molecule has 0 unspecified atom stereocenters. The van der Waals surface area contributed by atoms with E-state index < -0.39 is 0 Å². The number of aromatic nitrogens is 4. The second kappa shape index (κ2) is 6.98. The zero-order valence-corrected chi connectivity index (χ0v) is 12.5. The van der Waals surface area contributed by atoms with E-state index >= 15 is 0 Å². The zero-order chi connectivity index (χ0) is 15.2. The summed E-state index contributed by atoms with van der Waals surface area (Å²) >= 11 is 0. The number of carbonyl (C=O) groups is 1. The third-order valence-corrected chi connectivity index (χ3v) is 2.98. The molecule has 21 heavy (non-hydrogen) atoms. The summed E-state index contributed by atoms with van der Waals surface area (Å²) < 4.78 is 6.56. The molecular weight excluding hydrogens is 272 g/mol. The lowest BCUT2D eigenvalue weighted by Crippen LogP contribution is -2.36. The van der Waals surface area contributed by atoms with Crippen LogP contribution in [0.15, 0.2) is 12.4 Å². The summed E-state index contributed by atoms with van der Waals surface area (Å²) in [4.78, 5) is 22.1. The minimum atomic E-state index is -0.0451. The molecular formula is C13H20N6O2. The number of hydrogen-bond donors (Lipinski definition) is 1. The lowest BCUT2D eigenvalue weighted by Gasteiger charge is -2.19. The molecule has 1 amide bonds. The maximum Gasteiger partial charge on any atom is 0.254 e. The Morgan fingerprint density at radius 2 is 2.33 bits per heavy atom. The normalized spacial score (nSPS) is 10.8. The standard InChI is InChI=1S/C13H20N6O2/c1-10-7-12(19-13(17-10)15-9-16-19)18(2)8-11(20)14-5-4-6-21-3/h7,9H,4-6,8H2,1-3H3,(H,14,20). The van der Waals surface area contributed by atoms with Crippen molar-refractivity contribution in [3.8, 4) is 0 Å². The van der Waals surface area contributed by atoms with Gasteiger partial charge < -0.3 is 15.0 Å². The van der Waals surface area contributed by atoms with Gasteiger partial charge in [-0.1, -0.05) is 0 Å². The fraction of sp³-hybridized carbons (Fsp3) is 0.538. The molecule has 0 aliphatic rings. The molecule has 1 N–H and O–H groups in total. The Hall–Kier alpha value is -2.22. The van der Waals surface area contributed by atoms with E-state index in [-0.39, 0.29) is 12.5 Å². The van der Waals surface area contributed by atoms with Crippen LogP contribution in [0.2, 0.25) is 0 Å². The first kappa shape index (κ1) is 15.2. The van der Waals surface area contributed by atoms with Gasteiger partial charge in [-0.2, -0.15) is 14.6 Å². The average Bonchev–Trinajstić information content (AvgIpc) is 2.90. The van der Waals surface area contributed by atoms with Gasteiger partial charge in [0.15, 0.2) is 0 Å². The van der Waals surface area contributed by atoms with Crippen molar-refractivity contribution in [3.05, 3.63) is 18.1 Å². The van der Waals surface area contributed by atoms with Crippen LogP contribution >= 0.6 is 0 Å². The van der Waals surface area contributed by atoms with Gasteiger partial charge in [0.25, 0.3) is 5.78 Å². The molecule has 114 valence electrons. The van der Waals surface area contributed by atoms with Crippen molar-refractivity contribution in [2.24, 2.45) is 0 Å². The Labute approximate surface area is 123 Å². The fourth-order valence-corrected chi connectivity index (χ4v) is 1.98. The maximum absolute atomic E-state index is 11.9. The molecule has 0 fully saturated rings. The van der Waals surface area contributed by atoms with Crippen molar-refractivity contribution in [2.45, 2.75) is 13.3 Å². The largest absolute Gasteiger partial charge is 0.385 e. The fourth-order valence-electron chi connectivity index (χ4n) is 1.98. The molecule has 8 heteroatoms. The number of rotatable bonds is 7. The highest BCUT2D eigenvalue weighted by Crippen LogP contribution is 2.13. The smallest absolute Gasteiger partial charge is 0.254 e. The summed E-state index contributed by atoms with van der Waals surface area (Å²) in [5.41, 5.74) is 0.831. The Kier molecular flexibility index (Phi) is 5.04. The molecule has 0 saturated carbocycles. The summed E-state index contributed by atoms with van der Waals surface area (Å²) in [5.74, 6) is 1.26. The second-order valence-corrected chi connectivity index (χ2v) is 4.78. The van der Waals surface area contributed by atoms with Crippen LogP contribution < -0.4 is 10.2 Å². The van der Waals surface area contributed by atoms with Crippen molar-refractivity contribution in [1.29, 1.82) is 0 Å².